The highest BCUT2D eigenvalue weighted by Crippen LogP contribution is 2.52. The Balaban J connectivity index is 1.50. The molecule has 0 unspecified atom stereocenters. The summed E-state index contributed by atoms with van der Waals surface area (Å²) in [6, 6.07) is 3.44. The maximum atomic E-state index is 12.7. The first-order chi connectivity index (χ1) is 14.4. The highest BCUT2D eigenvalue weighted by atomic mass is 127. The molecule has 4 rings (SSSR count). The Kier molecular flexibility index (Phi) is 5.81. The van der Waals surface area contributed by atoms with E-state index >= 15 is 0 Å². The first-order valence-electron chi connectivity index (χ1n) is 9.70. The van der Waals surface area contributed by atoms with Crippen LogP contribution in [0.25, 0.3) is 0 Å². The van der Waals surface area contributed by atoms with Crippen molar-refractivity contribution in [2.24, 2.45) is 28.8 Å². The number of carbonyl (C=O) groups excluding carboxylic acids is 3. The maximum Gasteiger partial charge on any atom is 0.344 e. The number of imide groups is 1. The number of hydrazone groups is 1. The SMILES string of the molecule is CCOC(=O)COc1c(I)cc(C=NN2C(=O)[C@@H]3[C@H](C2=O)[C@H]2C=C[C@H]3C2)cc1OC. The van der Waals surface area contributed by atoms with Crippen molar-refractivity contribution in [3.8, 4) is 11.5 Å². The molecule has 1 heterocycles. The lowest BCUT2D eigenvalue weighted by Gasteiger charge is -2.14. The van der Waals surface area contributed by atoms with E-state index in [2.05, 4.69) is 27.7 Å². The van der Waals surface area contributed by atoms with Crippen molar-refractivity contribution in [3.05, 3.63) is 33.4 Å². The number of rotatable bonds is 7. The largest absolute Gasteiger partial charge is 0.493 e. The van der Waals surface area contributed by atoms with Gasteiger partial charge in [0.2, 0.25) is 0 Å². The Morgan fingerprint density at radius 1 is 1.23 bits per heavy atom. The van der Waals surface area contributed by atoms with E-state index in [9.17, 15) is 14.4 Å². The fraction of sp³-hybridized carbons (Fsp3) is 0.429. The van der Waals surface area contributed by atoms with Gasteiger partial charge in [-0.2, -0.15) is 10.1 Å². The van der Waals surface area contributed by atoms with Crippen molar-refractivity contribution >= 4 is 46.6 Å². The normalized spacial score (nSPS) is 26.6. The van der Waals surface area contributed by atoms with E-state index < -0.39 is 5.97 Å². The van der Waals surface area contributed by atoms with Gasteiger partial charge >= 0.3 is 5.97 Å². The van der Waals surface area contributed by atoms with Crippen LogP contribution >= 0.6 is 22.6 Å². The molecule has 9 heteroatoms. The molecule has 0 radical (unpaired) electrons. The van der Waals surface area contributed by atoms with Gasteiger partial charge in [-0.05, 0) is 65.5 Å². The summed E-state index contributed by atoms with van der Waals surface area (Å²) in [6.45, 7) is 1.77. The number of amides is 2. The molecule has 1 aromatic carbocycles. The minimum Gasteiger partial charge on any atom is -0.493 e. The summed E-state index contributed by atoms with van der Waals surface area (Å²) in [5.74, 6) is -0.373. The third-order valence-electron chi connectivity index (χ3n) is 5.66. The van der Waals surface area contributed by atoms with Gasteiger partial charge in [-0.15, -0.1) is 0 Å². The Morgan fingerprint density at radius 2 is 1.90 bits per heavy atom. The fourth-order valence-electron chi connectivity index (χ4n) is 4.41. The van der Waals surface area contributed by atoms with E-state index in [0.29, 0.717) is 20.6 Å². The molecule has 158 valence electrons. The molecule has 1 saturated carbocycles. The highest BCUT2D eigenvalue weighted by molar-refractivity contribution is 14.1. The summed E-state index contributed by atoms with van der Waals surface area (Å²) in [5.41, 5.74) is 0.637. The van der Waals surface area contributed by atoms with Crippen LogP contribution in [0.5, 0.6) is 11.5 Å². The third kappa shape index (κ3) is 3.59. The van der Waals surface area contributed by atoms with Gasteiger partial charge < -0.3 is 14.2 Å². The van der Waals surface area contributed by atoms with Crippen LogP contribution in [0.4, 0.5) is 0 Å². The predicted octanol–water partition coefficient (Wildman–Crippen LogP) is 2.38. The Labute approximate surface area is 187 Å². The van der Waals surface area contributed by atoms with Crippen LogP contribution < -0.4 is 9.47 Å². The smallest absolute Gasteiger partial charge is 0.344 e. The first kappa shape index (κ1) is 20.8. The number of methoxy groups -OCH3 is 1. The average Bonchev–Trinajstić information content (AvgIpc) is 3.40. The molecule has 1 aliphatic heterocycles. The molecule has 1 aromatic rings. The number of esters is 1. The average molecular weight is 524 g/mol. The zero-order valence-corrected chi connectivity index (χ0v) is 18.7. The molecule has 2 fully saturated rings. The first-order valence-corrected chi connectivity index (χ1v) is 10.8. The summed E-state index contributed by atoms with van der Waals surface area (Å²) < 4.78 is 16.5. The molecule has 4 atom stereocenters. The van der Waals surface area contributed by atoms with Crippen LogP contribution in [-0.4, -0.2) is 49.3 Å². The van der Waals surface area contributed by atoms with Gasteiger partial charge in [-0.1, -0.05) is 12.2 Å². The van der Waals surface area contributed by atoms with Crippen LogP contribution in [0.3, 0.4) is 0 Å². The molecule has 8 nitrogen and oxygen atoms in total. The van der Waals surface area contributed by atoms with Crippen molar-refractivity contribution in [3.63, 3.8) is 0 Å². The van der Waals surface area contributed by atoms with Crippen molar-refractivity contribution in [1.82, 2.24) is 5.01 Å². The van der Waals surface area contributed by atoms with Gasteiger partial charge in [0.25, 0.3) is 11.8 Å². The standard InChI is InChI=1S/C21H21IN2O6/c1-3-29-16(25)10-30-19-14(22)6-11(7-15(19)28-2)9-23-24-20(26)17-12-4-5-13(8-12)18(17)21(24)27/h4-7,9,12-13,17-18H,3,8,10H2,1-2H3/t12-,13-,17-,18+/m0/s1. The number of ether oxygens (including phenoxy) is 3. The second-order valence-corrected chi connectivity index (χ2v) is 8.52. The summed E-state index contributed by atoms with van der Waals surface area (Å²) in [4.78, 5) is 37.0. The zero-order valence-electron chi connectivity index (χ0n) is 16.5. The predicted molar refractivity (Wildman–Crippen MR) is 115 cm³/mol. The third-order valence-corrected chi connectivity index (χ3v) is 6.46. The molecular weight excluding hydrogens is 503 g/mol. The number of benzene rings is 1. The molecule has 2 bridgehead atoms. The molecule has 2 aliphatic carbocycles. The number of halogens is 1. The second-order valence-electron chi connectivity index (χ2n) is 7.36. The number of nitrogens with zero attached hydrogens (tertiary/aromatic N) is 2. The van der Waals surface area contributed by atoms with Crippen molar-refractivity contribution in [2.75, 3.05) is 20.3 Å². The summed E-state index contributed by atoms with van der Waals surface area (Å²) in [5, 5.41) is 5.19. The number of carbonyl (C=O) groups is 3. The van der Waals surface area contributed by atoms with E-state index in [4.69, 9.17) is 14.2 Å². The van der Waals surface area contributed by atoms with Crippen LogP contribution in [0.2, 0.25) is 0 Å². The van der Waals surface area contributed by atoms with Gasteiger partial charge in [0.05, 0.1) is 35.3 Å². The number of fused-ring (bicyclic) bond motifs is 5. The van der Waals surface area contributed by atoms with Crippen LogP contribution in [0.1, 0.15) is 18.9 Å². The minimum absolute atomic E-state index is 0.147. The molecule has 0 spiro atoms. The quantitative estimate of drug-likeness (QED) is 0.179. The lowest BCUT2D eigenvalue weighted by Crippen LogP contribution is -2.28. The molecule has 0 aromatic heterocycles. The monoisotopic (exact) mass is 524 g/mol. The fourth-order valence-corrected chi connectivity index (χ4v) is 5.19. The van der Waals surface area contributed by atoms with E-state index in [-0.39, 0.29) is 48.7 Å². The van der Waals surface area contributed by atoms with Gasteiger partial charge in [0, 0.05) is 0 Å². The van der Waals surface area contributed by atoms with Crippen LogP contribution in [0.15, 0.2) is 29.4 Å². The molecule has 1 saturated heterocycles. The molecule has 30 heavy (non-hydrogen) atoms. The topological polar surface area (TPSA) is 94.5 Å². The van der Waals surface area contributed by atoms with Crippen LogP contribution in [0, 0.1) is 27.2 Å². The Hall–Kier alpha value is -2.43. The van der Waals surface area contributed by atoms with Crippen LogP contribution in [-0.2, 0) is 19.1 Å². The van der Waals surface area contributed by atoms with Gasteiger partial charge in [0.15, 0.2) is 18.1 Å². The molecule has 0 N–H and O–H groups in total. The molecule has 2 amide bonds. The lowest BCUT2D eigenvalue weighted by atomic mass is 9.85. The van der Waals surface area contributed by atoms with Gasteiger partial charge in [-0.25, -0.2) is 4.79 Å². The van der Waals surface area contributed by atoms with Gasteiger partial charge in [-0.3, -0.25) is 9.59 Å². The van der Waals surface area contributed by atoms with E-state index in [1.54, 1.807) is 19.1 Å². The van der Waals surface area contributed by atoms with Crippen molar-refractivity contribution in [2.45, 2.75) is 13.3 Å². The van der Waals surface area contributed by atoms with Crippen molar-refractivity contribution in [1.29, 1.82) is 0 Å². The minimum atomic E-state index is -0.471. The van der Waals surface area contributed by atoms with E-state index in [0.717, 1.165) is 11.4 Å². The Morgan fingerprint density at radius 3 is 2.50 bits per heavy atom. The summed E-state index contributed by atoms with van der Waals surface area (Å²) in [7, 11) is 1.49. The number of hydrogen-bond donors (Lipinski definition) is 0. The van der Waals surface area contributed by atoms with E-state index in [1.165, 1.54) is 13.3 Å². The lowest BCUT2D eigenvalue weighted by molar-refractivity contribution is -0.145. The number of hydrogen-bond acceptors (Lipinski definition) is 7. The molecule has 3 aliphatic rings. The maximum absolute atomic E-state index is 12.7. The number of allylic oxidation sites excluding steroid dienone is 2. The highest BCUT2D eigenvalue weighted by Gasteiger charge is 2.59. The Bertz CT molecular complexity index is 929. The van der Waals surface area contributed by atoms with Gasteiger partial charge in [0.1, 0.15) is 0 Å². The zero-order chi connectivity index (χ0) is 21.4. The summed E-state index contributed by atoms with van der Waals surface area (Å²) in [6.07, 6.45) is 6.44. The summed E-state index contributed by atoms with van der Waals surface area (Å²) >= 11 is 2.06. The van der Waals surface area contributed by atoms with Crippen molar-refractivity contribution < 1.29 is 28.6 Å². The second kappa shape index (κ2) is 8.37. The molecular formula is C21H21IN2O6. The van der Waals surface area contributed by atoms with E-state index in [1.807, 2.05) is 12.2 Å².